The van der Waals surface area contributed by atoms with Crippen molar-refractivity contribution in [2.45, 2.75) is 38.9 Å². The summed E-state index contributed by atoms with van der Waals surface area (Å²) in [6, 6.07) is 16.6. The Kier molecular flexibility index (Phi) is 13.5. The number of hydrogen-bond acceptors (Lipinski definition) is 4. The summed E-state index contributed by atoms with van der Waals surface area (Å²) in [6.45, 7) is 7.30. The van der Waals surface area contributed by atoms with Crippen LogP contribution in [-0.4, -0.2) is 44.6 Å². The normalized spacial score (nSPS) is 12.7. The van der Waals surface area contributed by atoms with E-state index in [1.165, 1.54) is 0 Å². The van der Waals surface area contributed by atoms with Crippen molar-refractivity contribution in [3.8, 4) is 0 Å². The molecular weight excluding hydrogens is 372 g/mol. The lowest BCUT2D eigenvalue weighted by Crippen LogP contribution is -2.22. The Hall–Kier alpha value is -2.96. The SMILES string of the molecule is C=CC(CC)C(O)CC(C)O.O=C(O)c1ccccc1.O=C(O)c1ccccc1. The number of aromatic carboxylic acids is 2. The third-order valence-corrected chi connectivity index (χ3v) is 3.89. The van der Waals surface area contributed by atoms with Gasteiger partial charge in [0.05, 0.1) is 23.3 Å². The average Bonchev–Trinajstić information content (AvgIpc) is 2.70. The number of carboxylic acid groups (broad SMARTS) is 2. The van der Waals surface area contributed by atoms with Gasteiger partial charge in [0.1, 0.15) is 0 Å². The van der Waals surface area contributed by atoms with Crippen LogP contribution >= 0.6 is 0 Å². The number of rotatable bonds is 7. The summed E-state index contributed by atoms with van der Waals surface area (Å²) in [4.78, 5) is 20.4. The predicted molar refractivity (Wildman–Crippen MR) is 113 cm³/mol. The van der Waals surface area contributed by atoms with E-state index in [1.54, 1.807) is 73.7 Å². The largest absolute Gasteiger partial charge is 0.478 e. The van der Waals surface area contributed by atoms with Crippen molar-refractivity contribution < 1.29 is 30.0 Å². The number of aliphatic hydroxyl groups excluding tert-OH is 2. The van der Waals surface area contributed by atoms with Crippen LogP contribution in [0.5, 0.6) is 0 Å². The molecule has 0 saturated carbocycles. The van der Waals surface area contributed by atoms with Crippen LogP contribution in [0.25, 0.3) is 0 Å². The van der Waals surface area contributed by atoms with Crippen molar-refractivity contribution in [2.24, 2.45) is 5.92 Å². The molecule has 6 heteroatoms. The van der Waals surface area contributed by atoms with Crippen LogP contribution in [0.4, 0.5) is 0 Å². The van der Waals surface area contributed by atoms with Crippen LogP contribution in [0.1, 0.15) is 47.4 Å². The summed E-state index contributed by atoms with van der Waals surface area (Å²) in [6.07, 6.45) is 2.17. The summed E-state index contributed by atoms with van der Waals surface area (Å²) in [7, 11) is 0. The molecule has 4 N–H and O–H groups in total. The van der Waals surface area contributed by atoms with E-state index in [-0.39, 0.29) is 5.92 Å². The predicted octanol–water partition coefficient (Wildman–Crippen LogP) is 4.10. The zero-order chi connectivity index (χ0) is 22.2. The molecule has 0 aliphatic carbocycles. The Balaban J connectivity index is 0.000000408. The van der Waals surface area contributed by atoms with Gasteiger partial charge in [-0.25, -0.2) is 9.59 Å². The summed E-state index contributed by atoms with van der Waals surface area (Å²) in [5.41, 5.74) is 0.662. The third-order valence-electron chi connectivity index (χ3n) is 3.89. The second-order valence-electron chi connectivity index (χ2n) is 6.30. The monoisotopic (exact) mass is 402 g/mol. The summed E-state index contributed by atoms with van der Waals surface area (Å²) in [5.74, 6) is -1.64. The molecule has 0 amide bonds. The van der Waals surface area contributed by atoms with Crippen LogP contribution in [0, 0.1) is 5.92 Å². The summed E-state index contributed by atoms with van der Waals surface area (Å²) < 4.78 is 0. The molecule has 6 nitrogen and oxygen atoms in total. The van der Waals surface area contributed by atoms with Gasteiger partial charge in [0.15, 0.2) is 0 Å². The smallest absolute Gasteiger partial charge is 0.335 e. The van der Waals surface area contributed by atoms with Crippen LogP contribution in [0.2, 0.25) is 0 Å². The second kappa shape index (κ2) is 15.0. The fraction of sp³-hybridized carbons (Fsp3) is 0.304. The molecule has 3 atom stereocenters. The lowest BCUT2D eigenvalue weighted by atomic mass is 9.95. The van der Waals surface area contributed by atoms with E-state index in [4.69, 9.17) is 15.3 Å². The number of carboxylic acids is 2. The molecular formula is C23H30O6. The molecule has 3 unspecified atom stereocenters. The van der Waals surface area contributed by atoms with E-state index in [0.717, 1.165) is 6.42 Å². The topological polar surface area (TPSA) is 115 Å². The standard InChI is InChI=1S/C9H18O2.2C7H6O2/c1-4-8(5-2)9(11)6-7(3)10;2*8-7(9)6-4-2-1-3-5-6/h4,7-11H,1,5-6H2,2-3H3;2*1-5H,(H,8,9). The van der Waals surface area contributed by atoms with Crippen molar-refractivity contribution in [1.29, 1.82) is 0 Å². The molecule has 0 aliphatic heterocycles. The van der Waals surface area contributed by atoms with E-state index in [0.29, 0.717) is 17.5 Å². The zero-order valence-electron chi connectivity index (χ0n) is 16.8. The minimum Gasteiger partial charge on any atom is -0.478 e. The minimum absolute atomic E-state index is 0.115. The zero-order valence-corrected chi connectivity index (χ0v) is 16.8. The first kappa shape index (κ1) is 26.0. The second-order valence-corrected chi connectivity index (χ2v) is 6.30. The lowest BCUT2D eigenvalue weighted by Gasteiger charge is -2.18. The van der Waals surface area contributed by atoms with Crippen LogP contribution in [0.3, 0.4) is 0 Å². The van der Waals surface area contributed by atoms with Crippen molar-refractivity contribution in [3.63, 3.8) is 0 Å². The fourth-order valence-electron chi connectivity index (χ4n) is 2.28. The lowest BCUT2D eigenvalue weighted by molar-refractivity contribution is 0.0631. The first-order valence-electron chi connectivity index (χ1n) is 9.28. The van der Waals surface area contributed by atoms with Crippen molar-refractivity contribution in [1.82, 2.24) is 0 Å². The molecule has 0 aliphatic rings. The number of benzene rings is 2. The maximum Gasteiger partial charge on any atom is 0.335 e. The molecule has 2 aromatic carbocycles. The highest BCUT2D eigenvalue weighted by atomic mass is 16.4. The summed E-state index contributed by atoms with van der Waals surface area (Å²) >= 11 is 0. The summed E-state index contributed by atoms with van der Waals surface area (Å²) in [5, 5.41) is 35.2. The van der Waals surface area contributed by atoms with Gasteiger partial charge >= 0.3 is 11.9 Å². The van der Waals surface area contributed by atoms with Gasteiger partial charge in [0, 0.05) is 5.92 Å². The highest BCUT2D eigenvalue weighted by Crippen LogP contribution is 2.14. The van der Waals surface area contributed by atoms with Crippen molar-refractivity contribution >= 4 is 11.9 Å². The number of hydrogen-bond donors (Lipinski definition) is 4. The van der Waals surface area contributed by atoms with Gasteiger partial charge in [-0.05, 0) is 44.0 Å². The van der Waals surface area contributed by atoms with E-state index < -0.39 is 24.1 Å². The molecule has 0 aromatic heterocycles. The van der Waals surface area contributed by atoms with Gasteiger partial charge in [0.25, 0.3) is 0 Å². The third kappa shape index (κ3) is 12.2. The van der Waals surface area contributed by atoms with Gasteiger partial charge in [-0.15, -0.1) is 6.58 Å². The molecule has 0 bridgehead atoms. The Bertz CT molecular complexity index is 663. The van der Waals surface area contributed by atoms with Gasteiger partial charge in [-0.2, -0.15) is 0 Å². The molecule has 0 spiro atoms. The minimum atomic E-state index is -0.879. The molecule has 0 heterocycles. The van der Waals surface area contributed by atoms with E-state index in [2.05, 4.69) is 6.58 Å². The quantitative estimate of drug-likeness (QED) is 0.518. The highest BCUT2D eigenvalue weighted by Gasteiger charge is 2.15. The molecule has 29 heavy (non-hydrogen) atoms. The molecule has 158 valence electrons. The van der Waals surface area contributed by atoms with Crippen LogP contribution in [0.15, 0.2) is 73.3 Å². The Morgan fingerprint density at radius 1 is 0.897 bits per heavy atom. The number of carbonyl (C=O) groups is 2. The molecule has 2 aromatic rings. The van der Waals surface area contributed by atoms with Crippen LogP contribution in [-0.2, 0) is 0 Å². The Labute approximate surface area is 171 Å². The first-order chi connectivity index (χ1) is 13.7. The number of aliphatic hydroxyl groups is 2. The molecule has 0 fully saturated rings. The van der Waals surface area contributed by atoms with E-state index in [9.17, 15) is 14.7 Å². The van der Waals surface area contributed by atoms with Gasteiger partial charge < -0.3 is 20.4 Å². The Morgan fingerprint density at radius 2 is 1.28 bits per heavy atom. The van der Waals surface area contributed by atoms with E-state index >= 15 is 0 Å². The fourth-order valence-corrected chi connectivity index (χ4v) is 2.28. The average molecular weight is 402 g/mol. The van der Waals surface area contributed by atoms with Crippen molar-refractivity contribution in [3.05, 3.63) is 84.4 Å². The molecule has 0 radical (unpaired) electrons. The highest BCUT2D eigenvalue weighted by molar-refractivity contribution is 5.87. The Morgan fingerprint density at radius 3 is 1.48 bits per heavy atom. The first-order valence-corrected chi connectivity index (χ1v) is 9.28. The molecule has 0 saturated heterocycles. The van der Waals surface area contributed by atoms with E-state index in [1.807, 2.05) is 6.92 Å². The maximum absolute atomic E-state index is 10.2. The van der Waals surface area contributed by atoms with Crippen LogP contribution < -0.4 is 0 Å². The molecule has 2 rings (SSSR count). The van der Waals surface area contributed by atoms with Crippen molar-refractivity contribution in [2.75, 3.05) is 0 Å². The maximum atomic E-state index is 10.2. The van der Waals surface area contributed by atoms with Gasteiger partial charge in [-0.1, -0.05) is 49.4 Å². The van der Waals surface area contributed by atoms with Gasteiger partial charge in [0.2, 0.25) is 0 Å². The van der Waals surface area contributed by atoms with Gasteiger partial charge in [-0.3, -0.25) is 0 Å².